The molecule has 1 aliphatic rings. The highest BCUT2D eigenvalue weighted by Crippen LogP contribution is 2.26. The van der Waals surface area contributed by atoms with E-state index in [-0.39, 0.29) is 0 Å². The van der Waals surface area contributed by atoms with Crippen molar-refractivity contribution in [2.24, 2.45) is 0 Å². The van der Waals surface area contributed by atoms with Gasteiger partial charge in [0.2, 0.25) is 0 Å². The lowest BCUT2D eigenvalue weighted by Gasteiger charge is -2.23. The highest BCUT2D eigenvalue weighted by atomic mass is 79.9. The van der Waals surface area contributed by atoms with Gasteiger partial charge >= 0.3 is 0 Å². The Bertz CT molecular complexity index is 308. The molecule has 0 N–H and O–H groups in total. The summed E-state index contributed by atoms with van der Waals surface area (Å²) in [6, 6.07) is 1.00. The summed E-state index contributed by atoms with van der Waals surface area (Å²) >= 11 is 3.34. The van der Waals surface area contributed by atoms with E-state index in [0.717, 1.165) is 30.7 Å². The van der Waals surface area contributed by atoms with Crippen molar-refractivity contribution in [1.29, 1.82) is 0 Å². The Morgan fingerprint density at radius 3 is 3.21 bits per heavy atom. The minimum Gasteiger partial charge on any atom is -0.468 e. The zero-order chi connectivity index (χ0) is 9.97. The summed E-state index contributed by atoms with van der Waals surface area (Å²) in [5.74, 6) is 0. The van der Waals surface area contributed by atoms with Crippen molar-refractivity contribution < 1.29 is 9.47 Å². The van der Waals surface area contributed by atoms with Crippen molar-refractivity contribution in [2.45, 2.75) is 18.9 Å². The number of hydrogen-bond donors (Lipinski definition) is 0. The average molecular weight is 261 g/mol. The summed E-state index contributed by atoms with van der Waals surface area (Å²) < 4.78 is 13.4. The van der Waals surface area contributed by atoms with Crippen molar-refractivity contribution in [3.05, 3.63) is 10.8 Å². The predicted molar refractivity (Wildman–Crippen MR) is 55.6 cm³/mol. The molecular weight excluding hydrogens is 248 g/mol. The van der Waals surface area contributed by atoms with Crippen LogP contribution < -0.4 is 4.74 Å². The summed E-state index contributed by atoms with van der Waals surface area (Å²) in [7, 11) is 1.63. The Morgan fingerprint density at radius 2 is 2.57 bits per heavy atom. The van der Waals surface area contributed by atoms with E-state index >= 15 is 0 Å². The van der Waals surface area contributed by atoms with Gasteiger partial charge in [0.25, 0.3) is 6.01 Å². The second kappa shape index (κ2) is 4.31. The molecule has 1 aromatic rings. The quantitative estimate of drug-likeness (QED) is 0.817. The van der Waals surface area contributed by atoms with Gasteiger partial charge in [0.1, 0.15) is 4.60 Å². The molecule has 1 unspecified atom stereocenters. The largest absolute Gasteiger partial charge is 0.468 e. The Morgan fingerprint density at radius 1 is 1.71 bits per heavy atom. The molecule has 78 valence electrons. The normalized spacial score (nSPS) is 22.3. The van der Waals surface area contributed by atoms with Crippen LogP contribution in [0.5, 0.6) is 6.01 Å². The maximum atomic E-state index is 5.43. The lowest BCUT2D eigenvalue weighted by Crippen LogP contribution is -2.21. The van der Waals surface area contributed by atoms with Crippen LogP contribution in [0.25, 0.3) is 0 Å². The van der Waals surface area contributed by atoms with Gasteiger partial charge in [-0.05, 0) is 28.8 Å². The predicted octanol–water partition coefficient (Wildman–Crippen LogP) is 2.01. The maximum absolute atomic E-state index is 5.43. The smallest absolute Gasteiger partial charge is 0.297 e. The fourth-order valence-electron chi connectivity index (χ4n) is 1.70. The molecule has 0 amide bonds. The third-order valence-corrected chi connectivity index (χ3v) is 2.76. The third-order valence-electron chi connectivity index (χ3n) is 2.38. The standard InChI is InChI=1S/C9H13BrN2O2/c1-13-9-11-8(10)5-12(9)7-3-2-4-14-6-7/h5,7H,2-4,6H2,1H3. The topological polar surface area (TPSA) is 36.3 Å². The van der Waals surface area contributed by atoms with E-state index < -0.39 is 0 Å². The van der Waals surface area contributed by atoms with Crippen LogP contribution in [0.1, 0.15) is 18.9 Å². The molecule has 1 aromatic heterocycles. The average Bonchev–Trinajstić information content (AvgIpc) is 2.61. The van der Waals surface area contributed by atoms with Gasteiger partial charge < -0.3 is 9.47 Å². The molecule has 1 atom stereocenters. The van der Waals surface area contributed by atoms with E-state index in [4.69, 9.17) is 9.47 Å². The van der Waals surface area contributed by atoms with E-state index in [1.54, 1.807) is 7.11 Å². The fourth-order valence-corrected chi connectivity index (χ4v) is 2.08. The van der Waals surface area contributed by atoms with Crippen LogP contribution in [0.3, 0.4) is 0 Å². The molecule has 2 heterocycles. The molecule has 14 heavy (non-hydrogen) atoms. The minimum atomic E-state index is 0.359. The van der Waals surface area contributed by atoms with Crippen LogP contribution >= 0.6 is 15.9 Å². The second-order valence-corrected chi connectivity index (χ2v) is 4.14. The summed E-state index contributed by atoms with van der Waals surface area (Å²) in [4.78, 5) is 4.21. The van der Waals surface area contributed by atoms with Crippen molar-refractivity contribution in [2.75, 3.05) is 20.3 Å². The monoisotopic (exact) mass is 260 g/mol. The molecule has 0 radical (unpaired) electrons. The molecule has 2 rings (SSSR count). The van der Waals surface area contributed by atoms with Gasteiger partial charge in [-0.2, -0.15) is 4.98 Å². The van der Waals surface area contributed by atoms with E-state index in [1.807, 2.05) is 10.8 Å². The maximum Gasteiger partial charge on any atom is 0.297 e. The molecule has 1 aliphatic heterocycles. The lowest BCUT2D eigenvalue weighted by atomic mass is 10.1. The summed E-state index contributed by atoms with van der Waals surface area (Å²) in [5, 5.41) is 0. The van der Waals surface area contributed by atoms with Crippen molar-refractivity contribution in [3.63, 3.8) is 0 Å². The summed E-state index contributed by atoms with van der Waals surface area (Å²) in [5.41, 5.74) is 0. The third kappa shape index (κ3) is 1.93. The number of imidazole rings is 1. The van der Waals surface area contributed by atoms with E-state index in [2.05, 4.69) is 20.9 Å². The second-order valence-electron chi connectivity index (χ2n) is 3.33. The van der Waals surface area contributed by atoms with Gasteiger partial charge in [0.15, 0.2) is 0 Å². The first kappa shape index (κ1) is 9.98. The molecule has 0 spiro atoms. The number of halogens is 1. The molecule has 0 aliphatic carbocycles. The van der Waals surface area contributed by atoms with Crippen molar-refractivity contribution in [3.8, 4) is 6.01 Å². The number of rotatable bonds is 2. The van der Waals surface area contributed by atoms with Crippen LogP contribution in [0.4, 0.5) is 0 Å². The van der Waals surface area contributed by atoms with E-state index in [1.165, 1.54) is 0 Å². The zero-order valence-corrected chi connectivity index (χ0v) is 9.66. The van der Waals surface area contributed by atoms with Crippen LogP contribution in [-0.4, -0.2) is 29.9 Å². The van der Waals surface area contributed by atoms with E-state index in [0.29, 0.717) is 12.1 Å². The highest BCUT2D eigenvalue weighted by molar-refractivity contribution is 9.10. The molecule has 1 saturated heterocycles. The van der Waals surface area contributed by atoms with Gasteiger partial charge in [0, 0.05) is 12.8 Å². The van der Waals surface area contributed by atoms with Crippen LogP contribution in [0.15, 0.2) is 10.8 Å². The van der Waals surface area contributed by atoms with Gasteiger partial charge in [0.05, 0.1) is 19.8 Å². The Hall–Kier alpha value is -0.550. The van der Waals surface area contributed by atoms with Crippen LogP contribution in [0.2, 0.25) is 0 Å². The first-order chi connectivity index (χ1) is 6.81. The summed E-state index contributed by atoms with van der Waals surface area (Å²) in [6.45, 7) is 1.62. The molecule has 0 saturated carbocycles. The molecule has 4 nitrogen and oxygen atoms in total. The lowest BCUT2D eigenvalue weighted by molar-refractivity contribution is 0.0563. The van der Waals surface area contributed by atoms with Crippen LogP contribution in [-0.2, 0) is 4.74 Å². The molecular formula is C9H13BrN2O2. The first-order valence-corrected chi connectivity index (χ1v) is 5.46. The van der Waals surface area contributed by atoms with Gasteiger partial charge in [-0.15, -0.1) is 0 Å². The van der Waals surface area contributed by atoms with Gasteiger partial charge in [-0.25, -0.2) is 0 Å². The number of nitrogens with zero attached hydrogens (tertiary/aromatic N) is 2. The first-order valence-electron chi connectivity index (χ1n) is 4.67. The highest BCUT2D eigenvalue weighted by Gasteiger charge is 2.19. The SMILES string of the molecule is COc1nc(Br)cn1C1CCCOC1. The Kier molecular flexibility index (Phi) is 3.08. The van der Waals surface area contributed by atoms with E-state index in [9.17, 15) is 0 Å². The number of ether oxygens (including phenoxy) is 2. The molecule has 0 aromatic carbocycles. The number of methoxy groups -OCH3 is 1. The fraction of sp³-hybridized carbons (Fsp3) is 0.667. The van der Waals surface area contributed by atoms with Gasteiger partial charge in [-0.3, -0.25) is 4.57 Å². The van der Waals surface area contributed by atoms with Gasteiger partial charge in [-0.1, -0.05) is 0 Å². The van der Waals surface area contributed by atoms with Crippen molar-refractivity contribution >= 4 is 15.9 Å². The summed E-state index contributed by atoms with van der Waals surface area (Å²) in [6.07, 6.45) is 4.17. The number of hydrogen-bond acceptors (Lipinski definition) is 3. The molecule has 1 fully saturated rings. The zero-order valence-electron chi connectivity index (χ0n) is 8.07. The Labute approximate surface area is 91.3 Å². The Balaban J connectivity index is 2.20. The number of aromatic nitrogens is 2. The molecule has 5 heteroatoms. The molecule has 0 bridgehead atoms. The van der Waals surface area contributed by atoms with Crippen LogP contribution in [0, 0.1) is 0 Å². The van der Waals surface area contributed by atoms with Crippen molar-refractivity contribution in [1.82, 2.24) is 9.55 Å². The minimum absolute atomic E-state index is 0.359.